The third-order valence-corrected chi connectivity index (χ3v) is 5.67. The van der Waals surface area contributed by atoms with E-state index < -0.39 is 17.7 Å². The number of carbonyl (C=O) groups is 1. The predicted octanol–water partition coefficient (Wildman–Crippen LogP) is 4.25. The van der Waals surface area contributed by atoms with Crippen LogP contribution in [0, 0.1) is 11.6 Å². The summed E-state index contributed by atoms with van der Waals surface area (Å²) in [7, 11) is 0. The molecule has 0 unspecified atom stereocenters. The second kappa shape index (κ2) is 8.00. The molecule has 0 aliphatic carbocycles. The van der Waals surface area contributed by atoms with Crippen molar-refractivity contribution in [2.75, 3.05) is 31.1 Å². The molecule has 1 aromatic heterocycles. The van der Waals surface area contributed by atoms with Crippen LogP contribution in [0.25, 0.3) is 11.0 Å². The summed E-state index contributed by atoms with van der Waals surface area (Å²) in [5, 5.41) is 0.774. The molecule has 9 heteroatoms. The Balaban J connectivity index is 1.45. The lowest BCUT2D eigenvalue weighted by molar-refractivity contribution is 0.199. The van der Waals surface area contributed by atoms with Gasteiger partial charge < -0.3 is 19.8 Å². The first-order valence-corrected chi connectivity index (χ1v) is 9.80. The molecule has 4 rings (SSSR count). The lowest BCUT2D eigenvalue weighted by Crippen LogP contribution is -2.46. The average Bonchev–Trinajstić information content (AvgIpc) is 3.05. The van der Waals surface area contributed by atoms with Crippen molar-refractivity contribution in [3.63, 3.8) is 0 Å². The number of hydrogen-bond donors (Lipinski definition) is 1. The summed E-state index contributed by atoms with van der Waals surface area (Å²) in [5.74, 6) is -1.08. The zero-order valence-electron chi connectivity index (χ0n) is 15.3. The van der Waals surface area contributed by atoms with Crippen LogP contribution in [-0.4, -0.2) is 37.2 Å². The van der Waals surface area contributed by atoms with E-state index in [0.717, 1.165) is 47.8 Å². The van der Waals surface area contributed by atoms with Crippen LogP contribution < -0.4 is 15.4 Å². The highest BCUT2D eigenvalue weighted by atomic mass is 79.9. The highest BCUT2D eigenvalue weighted by molar-refractivity contribution is 9.10. The van der Waals surface area contributed by atoms with Crippen molar-refractivity contribution in [3.8, 4) is 5.95 Å². The van der Waals surface area contributed by atoms with E-state index in [1.807, 2.05) is 12.1 Å². The van der Waals surface area contributed by atoms with Crippen molar-refractivity contribution in [1.82, 2.24) is 4.90 Å². The molecule has 2 N–H and O–H groups in total. The third-order valence-electron chi connectivity index (χ3n) is 4.83. The lowest BCUT2D eigenvalue weighted by Gasteiger charge is -2.36. The molecule has 6 nitrogen and oxygen atoms in total. The smallest absolute Gasteiger partial charge is 0.412 e. The van der Waals surface area contributed by atoms with Crippen molar-refractivity contribution in [3.05, 3.63) is 58.1 Å². The van der Waals surface area contributed by atoms with Gasteiger partial charge >= 0.3 is 6.09 Å². The standard InChI is InChI=1S/C20H18BrF2N3O3/c21-19-15-10-18(29-20(24)27)28-17(15)2-1-16(19)26-5-3-25(4-6-26)11-12-7-13(22)9-14(23)8-12/h1-2,7-10H,3-6,11H2,(H2,24,27). The number of primary amides is 1. The number of anilines is 1. The number of nitrogens with zero attached hydrogens (tertiary/aromatic N) is 2. The van der Waals surface area contributed by atoms with Crippen LogP contribution in [-0.2, 0) is 6.54 Å². The van der Waals surface area contributed by atoms with Gasteiger partial charge in [-0.15, -0.1) is 0 Å². The molecule has 3 aromatic rings. The van der Waals surface area contributed by atoms with Crippen LogP contribution in [0.2, 0.25) is 0 Å². The van der Waals surface area contributed by atoms with Crippen LogP contribution in [0.15, 0.2) is 45.3 Å². The first-order valence-electron chi connectivity index (χ1n) is 9.00. The summed E-state index contributed by atoms with van der Waals surface area (Å²) in [6.45, 7) is 3.52. The summed E-state index contributed by atoms with van der Waals surface area (Å²) in [5.41, 5.74) is 7.21. The van der Waals surface area contributed by atoms with Gasteiger partial charge in [0.25, 0.3) is 5.95 Å². The van der Waals surface area contributed by atoms with Gasteiger partial charge in [0, 0.05) is 50.2 Å². The van der Waals surface area contributed by atoms with E-state index in [0.29, 0.717) is 17.7 Å². The van der Waals surface area contributed by atoms with E-state index in [1.165, 1.54) is 12.1 Å². The van der Waals surface area contributed by atoms with Gasteiger partial charge in [-0.3, -0.25) is 4.90 Å². The number of benzene rings is 2. The minimum atomic E-state index is -0.935. The molecule has 0 spiro atoms. The molecule has 1 aliphatic heterocycles. The van der Waals surface area contributed by atoms with Crippen molar-refractivity contribution in [1.29, 1.82) is 0 Å². The first-order chi connectivity index (χ1) is 13.9. The fourth-order valence-corrected chi connectivity index (χ4v) is 4.24. The number of carbonyl (C=O) groups excluding carboxylic acids is 1. The Morgan fingerprint density at radius 2 is 1.79 bits per heavy atom. The van der Waals surface area contributed by atoms with Gasteiger partial charge in [-0.25, -0.2) is 13.6 Å². The summed E-state index contributed by atoms with van der Waals surface area (Å²) in [4.78, 5) is 15.3. The maximum absolute atomic E-state index is 13.4. The molecular formula is C20H18BrF2N3O3. The monoisotopic (exact) mass is 465 g/mol. The maximum atomic E-state index is 13.4. The fourth-order valence-electron chi connectivity index (χ4n) is 3.54. The van der Waals surface area contributed by atoms with Gasteiger partial charge in [0.05, 0.1) is 10.2 Å². The van der Waals surface area contributed by atoms with Crippen LogP contribution in [0.4, 0.5) is 19.3 Å². The van der Waals surface area contributed by atoms with Crippen LogP contribution in [0.3, 0.4) is 0 Å². The maximum Gasteiger partial charge on any atom is 0.412 e. The number of fused-ring (bicyclic) bond motifs is 1. The minimum absolute atomic E-state index is 0.0393. The van der Waals surface area contributed by atoms with Crippen molar-refractivity contribution in [2.45, 2.75) is 6.54 Å². The van der Waals surface area contributed by atoms with Crippen molar-refractivity contribution < 1.29 is 22.7 Å². The van der Waals surface area contributed by atoms with Gasteiger partial charge in [0.15, 0.2) is 0 Å². The number of furan rings is 1. The van der Waals surface area contributed by atoms with Crippen molar-refractivity contribution >= 4 is 38.7 Å². The number of halogens is 3. The Hall–Kier alpha value is -2.65. The molecule has 1 fully saturated rings. The normalized spacial score (nSPS) is 15.1. The van der Waals surface area contributed by atoms with Crippen LogP contribution in [0.5, 0.6) is 5.95 Å². The Bertz CT molecular complexity index is 1040. The highest BCUT2D eigenvalue weighted by Crippen LogP contribution is 2.38. The third kappa shape index (κ3) is 4.35. The SMILES string of the molecule is NC(=O)Oc1cc2c(Br)c(N3CCN(Cc4cc(F)cc(F)c4)CC3)ccc2o1. The minimum Gasteiger partial charge on any atom is -0.425 e. The quantitative estimate of drug-likeness (QED) is 0.623. The van der Waals surface area contributed by atoms with E-state index in [1.54, 1.807) is 6.07 Å². The Kier molecular flexibility index (Phi) is 5.42. The second-order valence-electron chi connectivity index (χ2n) is 6.84. The highest BCUT2D eigenvalue weighted by Gasteiger charge is 2.21. The zero-order valence-corrected chi connectivity index (χ0v) is 16.9. The molecule has 0 radical (unpaired) electrons. The van der Waals surface area contributed by atoms with E-state index in [-0.39, 0.29) is 5.95 Å². The molecule has 29 heavy (non-hydrogen) atoms. The van der Waals surface area contributed by atoms with Crippen LogP contribution >= 0.6 is 15.9 Å². The summed E-state index contributed by atoms with van der Waals surface area (Å²) >= 11 is 3.61. The van der Waals surface area contributed by atoms with Gasteiger partial charge in [-0.1, -0.05) is 0 Å². The fraction of sp³-hybridized carbons (Fsp3) is 0.250. The molecule has 1 amide bonds. The summed E-state index contributed by atoms with van der Waals surface area (Å²) in [6, 6.07) is 8.97. The molecule has 2 aromatic carbocycles. The summed E-state index contributed by atoms with van der Waals surface area (Å²) < 4.78 is 37.9. The molecule has 0 bridgehead atoms. The number of rotatable bonds is 4. The Morgan fingerprint density at radius 1 is 1.10 bits per heavy atom. The van der Waals surface area contributed by atoms with E-state index >= 15 is 0 Å². The van der Waals surface area contributed by atoms with Crippen LogP contribution in [0.1, 0.15) is 5.56 Å². The largest absolute Gasteiger partial charge is 0.425 e. The zero-order chi connectivity index (χ0) is 20.5. The van der Waals surface area contributed by atoms with E-state index in [9.17, 15) is 13.6 Å². The number of hydrogen-bond acceptors (Lipinski definition) is 5. The molecule has 1 saturated heterocycles. The van der Waals surface area contributed by atoms with E-state index in [2.05, 4.69) is 25.7 Å². The molecule has 0 atom stereocenters. The predicted molar refractivity (Wildman–Crippen MR) is 108 cm³/mol. The number of ether oxygens (including phenoxy) is 1. The number of amides is 1. The van der Waals surface area contributed by atoms with Gasteiger partial charge in [0.1, 0.15) is 17.2 Å². The molecule has 1 aliphatic rings. The number of nitrogens with two attached hydrogens (primary N) is 1. The van der Waals surface area contributed by atoms with Crippen molar-refractivity contribution in [2.24, 2.45) is 5.73 Å². The molecule has 0 saturated carbocycles. The Morgan fingerprint density at radius 3 is 2.45 bits per heavy atom. The molecule has 2 heterocycles. The molecular weight excluding hydrogens is 448 g/mol. The first kappa shape index (κ1) is 19.7. The topological polar surface area (TPSA) is 71.9 Å². The van der Waals surface area contributed by atoms with Gasteiger partial charge in [0.2, 0.25) is 0 Å². The Labute approximate surface area is 173 Å². The average molecular weight is 466 g/mol. The molecule has 152 valence electrons. The van der Waals surface area contributed by atoms with Gasteiger partial charge in [-0.05, 0) is 45.8 Å². The van der Waals surface area contributed by atoms with Gasteiger partial charge in [-0.2, -0.15) is 0 Å². The second-order valence-corrected chi connectivity index (χ2v) is 7.63. The van der Waals surface area contributed by atoms with E-state index in [4.69, 9.17) is 14.9 Å². The number of piperazine rings is 1. The summed E-state index contributed by atoms with van der Waals surface area (Å²) in [6.07, 6.45) is -0.935. The lowest BCUT2D eigenvalue weighted by atomic mass is 10.1.